The van der Waals surface area contributed by atoms with Crippen molar-refractivity contribution in [3.63, 3.8) is 0 Å². The van der Waals surface area contributed by atoms with Crippen LogP contribution in [0, 0.1) is 18.8 Å². The first-order valence-electron chi connectivity index (χ1n) is 11.6. The molecule has 2 aliphatic rings. The zero-order chi connectivity index (χ0) is 24.0. The van der Waals surface area contributed by atoms with Crippen LogP contribution in [0.15, 0.2) is 35.4 Å². The van der Waals surface area contributed by atoms with Crippen LogP contribution in [0.3, 0.4) is 0 Å². The molecular formula is C24H27F3N6O. The molecule has 0 radical (unpaired) electrons. The molecule has 180 valence electrons. The second-order valence-electron chi connectivity index (χ2n) is 9.46. The van der Waals surface area contributed by atoms with Crippen LogP contribution in [-0.2, 0) is 0 Å². The summed E-state index contributed by atoms with van der Waals surface area (Å²) in [7, 11) is 0. The Hall–Kier alpha value is -3.17. The molecule has 2 unspecified atom stereocenters. The standard InChI is InChI=1S/C24H27F3N6O/c1-14-9-16(7-8-20(14)32-12-15(2)18(13-32)24(25,26)27)30-23-29-10-19-22(31-23)33(21(34)11-28-19)17-5-3-4-6-17/h7-11,15,17-18H,3-6,12-13H2,1-2H3,(H,29,30,31). The number of halogens is 3. The number of alkyl halides is 3. The van der Waals surface area contributed by atoms with Crippen LogP contribution in [0.4, 0.5) is 30.5 Å². The number of benzene rings is 1. The van der Waals surface area contributed by atoms with Crippen molar-refractivity contribution in [3.05, 3.63) is 46.5 Å². The number of nitrogens with one attached hydrogen (secondary N) is 1. The molecule has 0 spiro atoms. The lowest BCUT2D eigenvalue weighted by molar-refractivity contribution is -0.177. The van der Waals surface area contributed by atoms with E-state index >= 15 is 0 Å². The fourth-order valence-corrected chi connectivity index (χ4v) is 5.31. The van der Waals surface area contributed by atoms with E-state index in [1.165, 1.54) is 6.20 Å². The normalized spacial score (nSPS) is 21.5. The summed E-state index contributed by atoms with van der Waals surface area (Å²) in [5.74, 6) is -1.43. The molecular weight excluding hydrogens is 445 g/mol. The lowest BCUT2D eigenvalue weighted by Gasteiger charge is -2.22. The first kappa shape index (κ1) is 22.6. The van der Waals surface area contributed by atoms with E-state index in [2.05, 4.69) is 20.3 Å². The van der Waals surface area contributed by atoms with E-state index in [0.29, 0.717) is 23.7 Å². The van der Waals surface area contributed by atoms with E-state index in [9.17, 15) is 18.0 Å². The molecule has 2 aromatic heterocycles. The summed E-state index contributed by atoms with van der Waals surface area (Å²) in [5, 5.41) is 3.17. The summed E-state index contributed by atoms with van der Waals surface area (Å²) in [6.07, 6.45) is 2.78. The Labute approximate surface area is 195 Å². The van der Waals surface area contributed by atoms with Gasteiger partial charge in [0.25, 0.3) is 5.56 Å². The van der Waals surface area contributed by atoms with E-state index in [0.717, 1.165) is 42.6 Å². The summed E-state index contributed by atoms with van der Waals surface area (Å²) in [5.41, 5.74) is 3.29. The zero-order valence-corrected chi connectivity index (χ0v) is 19.1. The maximum atomic E-state index is 13.3. The van der Waals surface area contributed by atoms with Gasteiger partial charge in [-0.15, -0.1) is 0 Å². The molecule has 2 atom stereocenters. The fraction of sp³-hybridized carbons (Fsp3) is 0.500. The molecule has 1 saturated carbocycles. The maximum absolute atomic E-state index is 13.3. The van der Waals surface area contributed by atoms with Gasteiger partial charge in [0.15, 0.2) is 5.65 Å². The van der Waals surface area contributed by atoms with Gasteiger partial charge in [0.05, 0.1) is 18.3 Å². The number of nitrogens with zero attached hydrogens (tertiary/aromatic N) is 5. The highest BCUT2D eigenvalue weighted by Crippen LogP contribution is 2.40. The third kappa shape index (κ3) is 4.21. The number of hydrogen-bond acceptors (Lipinski definition) is 6. The smallest absolute Gasteiger partial charge is 0.370 e. The summed E-state index contributed by atoms with van der Waals surface area (Å²) in [6.45, 7) is 3.88. The predicted octanol–water partition coefficient (Wildman–Crippen LogP) is 4.99. The van der Waals surface area contributed by atoms with Gasteiger partial charge in [0, 0.05) is 30.5 Å². The molecule has 2 fully saturated rings. The van der Waals surface area contributed by atoms with E-state index in [4.69, 9.17) is 0 Å². The van der Waals surface area contributed by atoms with Crippen LogP contribution >= 0.6 is 0 Å². The van der Waals surface area contributed by atoms with Gasteiger partial charge in [0.2, 0.25) is 5.95 Å². The van der Waals surface area contributed by atoms with Gasteiger partial charge in [-0.2, -0.15) is 18.2 Å². The van der Waals surface area contributed by atoms with Crippen molar-refractivity contribution < 1.29 is 13.2 Å². The summed E-state index contributed by atoms with van der Waals surface area (Å²) in [4.78, 5) is 27.5. The van der Waals surface area contributed by atoms with Gasteiger partial charge in [-0.05, 0) is 49.4 Å². The molecule has 3 aromatic rings. The number of fused-ring (bicyclic) bond motifs is 1. The van der Waals surface area contributed by atoms with Gasteiger partial charge in [-0.1, -0.05) is 19.8 Å². The summed E-state index contributed by atoms with van der Waals surface area (Å²) < 4.78 is 41.6. The lowest BCUT2D eigenvalue weighted by atomic mass is 9.98. The minimum atomic E-state index is -4.19. The first-order valence-corrected chi connectivity index (χ1v) is 11.6. The van der Waals surface area contributed by atoms with Crippen LogP contribution < -0.4 is 15.8 Å². The van der Waals surface area contributed by atoms with Crippen molar-refractivity contribution in [3.8, 4) is 0 Å². The summed E-state index contributed by atoms with van der Waals surface area (Å²) >= 11 is 0. The Morgan fingerprint density at radius 1 is 1.09 bits per heavy atom. The Bertz CT molecular complexity index is 1270. The van der Waals surface area contributed by atoms with Gasteiger partial charge in [0.1, 0.15) is 5.52 Å². The zero-order valence-electron chi connectivity index (χ0n) is 19.1. The Morgan fingerprint density at radius 3 is 2.53 bits per heavy atom. The minimum Gasteiger partial charge on any atom is -0.370 e. The molecule has 7 nitrogen and oxygen atoms in total. The molecule has 1 aliphatic heterocycles. The van der Waals surface area contributed by atoms with Crippen molar-refractivity contribution in [2.24, 2.45) is 11.8 Å². The molecule has 0 amide bonds. The molecule has 0 bridgehead atoms. The Kier molecular flexibility index (Phi) is 5.69. The number of aryl methyl sites for hydroxylation is 1. The van der Waals surface area contributed by atoms with Crippen LogP contribution in [0.5, 0.6) is 0 Å². The van der Waals surface area contributed by atoms with Crippen LogP contribution in [0.25, 0.3) is 11.2 Å². The molecule has 1 saturated heterocycles. The van der Waals surface area contributed by atoms with Gasteiger partial charge in [-0.3, -0.25) is 9.36 Å². The van der Waals surface area contributed by atoms with E-state index in [1.54, 1.807) is 22.6 Å². The largest absolute Gasteiger partial charge is 0.393 e. The summed E-state index contributed by atoms with van der Waals surface area (Å²) in [6, 6.07) is 5.64. The third-order valence-corrected chi connectivity index (χ3v) is 7.05. The number of anilines is 3. The van der Waals surface area contributed by atoms with Crippen LogP contribution in [-0.4, -0.2) is 38.8 Å². The lowest BCUT2D eigenvalue weighted by Crippen LogP contribution is -2.29. The highest BCUT2D eigenvalue weighted by molar-refractivity contribution is 5.72. The van der Waals surface area contributed by atoms with E-state index in [1.807, 2.05) is 25.1 Å². The van der Waals surface area contributed by atoms with Crippen LogP contribution in [0.2, 0.25) is 0 Å². The average Bonchev–Trinajstić information content (AvgIpc) is 3.43. The van der Waals surface area contributed by atoms with Gasteiger partial charge >= 0.3 is 6.18 Å². The van der Waals surface area contributed by atoms with Crippen molar-refractivity contribution >= 4 is 28.5 Å². The van der Waals surface area contributed by atoms with E-state index < -0.39 is 18.0 Å². The van der Waals surface area contributed by atoms with Crippen molar-refractivity contribution in [2.45, 2.75) is 51.7 Å². The first-order chi connectivity index (χ1) is 16.2. The van der Waals surface area contributed by atoms with Crippen molar-refractivity contribution in [1.82, 2.24) is 19.5 Å². The number of aromatic nitrogens is 4. The molecule has 10 heteroatoms. The Morgan fingerprint density at radius 2 is 1.85 bits per heavy atom. The topological polar surface area (TPSA) is 75.9 Å². The SMILES string of the molecule is Cc1cc(Nc2ncc3ncc(=O)n(C4CCCC4)c3n2)ccc1N1CC(C)C(C(F)(F)F)C1. The van der Waals surface area contributed by atoms with Gasteiger partial charge in [-0.25, -0.2) is 9.97 Å². The van der Waals surface area contributed by atoms with Crippen molar-refractivity contribution in [2.75, 3.05) is 23.3 Å². The second-order valence-corrected chi connectivity index (χ2v) is 9.46. The molecule has 1 N–H and O–H groups in total. The molecule has 34 heavy (non-hydrogen) atoms. The van der Waals surface area contributed by atoms with Crippen molar-refractivity contribution in [1.29, 1.82) is 0 Å². The number of hydrogen-bond donors (Lipinski definition) is 1. The maximum Gasteiger partial charge on any atom is 0.393 e. The minimum absolute atomic E-state index is 0.0300. The van der Waals surface area contributed by atoms with Gasteiger partial charge < -0.3 is 10.2 Å². The molecule has 5 rings (SSSR count). The van der Waals surface area contributed by atoms with E-state index in [-0.39, 0.29) is 18.1 Å². The third-order valence-electron chi connectivity index (χ3n) is 7.05. The Balaban J connectivity index is 1.40. The highest BCUT2D eigenvalue weighted by atomic mass is 19.4. The molecule has 1 aliphatic carbocycles. The molecule has 1 aromatic carbocycles. The quantitative estimate of drug-likeness (QED) is 0.577. The molecule has 3 heterocycles. The second kappa shape index (κ2) is 8.56. The predicted molar refractivity (Wildman–Crippen MR) is 124 cm³/mol. The highest BCUT2D eigenvalue weighted by Gasteiger charge is 2.48. The number of rotatable bonds is 4. The fourth-order valence-electron chi connectivity index (χ4n) is 5.31. The average molecular weight is 473 g/mol. The monoisotopic (exact) mass is 472 g/mol. The van der Waals surface area contributed by atoms with Crippen LogP contribution in [0.1, 0.15) is 44.2 Å².